The highest BCUT2D eigenvalue weighted by molar-refractivity contribution is 5.79. The van der Waals surface area contributed by atoms with Gasteiger partial charge >= 0.3 is 0 Å². The van der Waals surface area contributed by atoms with E-state index in [9.17, 15) is 10.1 Å². The average Bonchev–Trinajstić information content (AvgIpc) is 2.73. The molecule has 0 amide bonds. The van der Waals surface area contributed by atoms with E-state index in [1.807, 2.05) is 32.0 Å². The number of nitrogens with one attached hydrogen (secondary N) is 2. The minimum atomic E-state index is -0.407. The summed E-state index contributed by atoms with van der Waals surface area (Å²) in [5.74, 6) is 2.18. The summed E-state index contributed by atoms with van der Waals surface area (Å²) in [5.41, 5.74) is 2.15. The zero-order chi connectivity index (χ0) is 21.1. The van der Waals surface area contributed by atoms with E-state index in [0.717, 1.165) is 29.0 Å². The largest absolute Gasteiger partial charge is 0.490 e. The molecule has 0 fully saturated rings. The van der Waals surface area contributed by atoms with Crippen LogP contribution in [0.5, 0.6) is 11.5 Å². The molecule has 8 nitrogen and oxygen atoms in total. The molecule has 0 aliphatic carbocycles. The van der Waals surface area contributed by atoms with Crippen molar-refractivity contribution in [1.82, 2.24) is 10.6 Å². The van der Waals surface area contributed by atoms with Gasteiger partial charge in [-0.05, 0) is 43.5 Å². The molecule has 0 spiro atoms. The Morgan fingerprint density at radius 2 is 1.66 bits per heavy atom. The fourth-order valence-corrected chi connectivity index (χ4v) is 2.72. The molecular formula is C21H28N4O4. The van der Waals surface area contributed by atoms with E-state index < -0.39 is 4.92 Å². The van der Waals surface area contributed by atoms with Gasteiger partial charge in [-0.3, -0.25) is 15.1 Å². The summed E-state index contributed by atoms with van der Waals surface area (Å²) in [5, 5.41) is 17.2. The number of hydrogen-bond acceptors (Lipinski definition) is 5. The van der Waals surface area contributed by atoms with Crippen molar-refractivity contribution < 1.29 is 14.4 Å². The number of ether oxygens (including phenoxy) is 2. The van der Waals surface area contributed by atoms with Gasteiger partial charge in [0.25, 0.3) is 5.69 Å². The van der Waals surface area contributed by atoms with Crippen LogP contribution in [0.4, 0.5) is 5.69 Å². The van der Waals surface area contributed by atoms with Crippen molar-refractivity contribution in [3.63, 3.8) is 0 Å². The van der Waals surface area contributed by atoms with Crippen LogP contribution in [0.25, 0.3) is 0 Å². The van der Waals surface area contributed by atoms with Crippen LogP contribution < -0.4 is 20.1 Å². The van der Waals surface area contributed by atoms with Gasteiger partial charge < -0.3 is 20.1 Å². The Morgan fingerprint density at radius 1 is 1.00 bits per heavy atom. The lowest BCUT2D eigenvalue weighted by atomic mass is 10.1. The molecule has 2 rings (SSSR count). The van der Waals surface area contributed by atoms with E-state index in [2.05, 4.69) is 15.6 Å². The van der Waals surface area contributed by atoms with Gasteiger partial charge in [0.2, 0.25) is 0 Å². The summed E-state index contributed by atoms with van der Waals surface area (Å²) in [6.07, 6.45) is 0.796. The third-order valence-electron chi connectivity index (χ3n) is 4.14. The number of nitro benzene ring substituents is 1. The molecule has 156 valence electrons. The smallest absolute Gasteiger partial charge is 0.269 e. The fraction of sp³-hybridized carbons (Fsp3) is 0.381. The average molecular weight is 400 g/mol. The van der Waals surface area contributed by atoms with Gasteiger partial charge in [0.05, 0.1) is 18.1 Å². The fourth-order valence-electron chi connectivity index (χ4n) is 2.72. The molecule has 0 aliphatic heterocycles. The Labute approximate surface area is 171 Å². The second-order valence-corrected chi connectivity index (χ2v) is 6.17. The number of non-ortho nitro benzene ring substituents is 1. The highest BCUT2D eigenvalue weighted by Crippen LogP contribution is 2.28. The molecule has 8 heteroatoms. The summed E-state index contributed by atoms with van der Waals surface area (Å²) in [4.78, 5) is 14.5. The molecule has 0 bridgehead atoms. The monoisotopic (exact) mass is 400 g/mol. The van der Waals surface area contributed by atoms with Crippen LogP contribution in [0, 0.1) is 10.1 Å². The summed E-state index contributed by atoms with van der Waals surface area (Å²) >= 11 is 0. The molecule has 0 heterocycles. The molecule has 0 radical (unpaired) electrons. The number of guanidine groups is 1. The second-order valence-electron chi connectivity index (χ2n) is 6.17. The number of benzene rings is 2. The first kappa shape index (κ1) is 22.0. The van der Waals surface area contributed by atoms with Crippen molar-refractivity contribution in [3.05, 3.63) is 63.7 Å². The normalized spacial score (nSPS) is 11.1. The molecule has 0 saturated heterocycles. The molecule has 2 aromatic carbocycles. The number of rotatable bonds is 10. The van der Waals surface area contributed by atoms with Crippen LogP contribution in [-0.2, 0) is 13.0 Å². The van der Waals surface area contributed by atoms with E-state index in [1.54, 1.807) is 19.2 Å². The maximum absolute atomic E-state index is 10.7. The van der Waals surface area contributed by atoms with E-state index in [1.165, 1.54) is 12.1 Å². The highest BCUT2D eigenvalue weighted by Gasteiger charge is 2.07. The minimum Gasteiger partial charge on any atom is -0.490 e. The standard InChI is InChI=1S/C21H28N4O4/c1-4-28-19-11-8-16(14-20(19)29-5-2)12-13-23-21(22-3)24-15-17-6-9-18(10-7-17)25(26)27/h6-11,14H,4-5,12-13,15H2,1-3H3,(H2,22,23,24). The third kappa shape index (κ3) is 6.99. The molecule has 0 atom stereocenters. The van der Waals surface area contributed by atoms with E-state index in [-0.39, 0.29) is 5.69 Å². The number of nitrogens with zero attached hydrogens (tertiary/aromatic N) is 2. The first-order valence-corrected chi connectivity index (χ1v) is 9.63. The van der Waals surface area contributed by atoms with Gasteiger partial charge in [0.1, 0.15) is 0 Å². The Balaban J connectivity index is 1.84. The van der Waals surface area contributed by atoms with Crippen molar-refractivity contribution >= 4 is 11.6 Å². The summed E-state index contributed by atoms with van der Waals surface area (Å²) in [7, 11) is 1.70. The summed E-state index contributed by atoms with van der Waals surface area (Å²) in [6.45, 7) is 6.29. The van der Waals surface area contributed by atoms with Gasteiger partial charge in [-0.1, -0.05) is 18.2 Å². The van der Waals surface area contributed by atoms with Crippen LogP contribution >= 0.6 is 0 Å². The Bertz CT molecular complexity index is 822. The number of aliphatic imine (C=N–C) groups is 1. The van der Waals surface area contributed by atoms with Crippen molar-refractivity contribution in [1.29, 1.82) is 0 Å². The second kappa shape index (κ2) is 11.5. The molecule has 0 saturated carbocycles. The van der Waals surface area contributed by atoms with Crippen LogP contribution in [0.15, 0.2) is 47.5 Å². The quantitative estimate of drug-likeness (QED) is 0.275. The van der Waals surface area contributed by atoms with E-state index in [0.29, 0.717) is 32.3 Å². The van der Waals surface area contributed by atoms with Gasteiger partial charge in [-0.15, -0.1) is 0 Å². The first-order chi connectivity index (χ1) is 14.1. The van der Waals surface area contributed by atoms with Crippen molar-refractivity contribution in [2.45, 2.75) is 26.8 Å². The van der Waals surface area contributed by atoms with Crippen molar-refractivity contribution in [3.8, 4) is 11.5 Å². The van der Waals surface area contributed by atoms with Crippen LogP contribution in [0.2, 0.25) is 0 Å². The topological polar surface area (TPSA) is 98.0 Å². The van der Waals surface area contributed by atoms with Crippen molar-refractivity contribution in [2.75, 3.05) is 26.8 Å². The maximum atomic E-state index is 10.7. The number of nitro groups is 1. The first-order valence-electron chi connectivity index (χ1n) is 9.63. The Hall–Kier alpha value is -3.29. The molecule has 0 aromatic heterocycles. The molecule has 29 heavy (non-hydrogen) atoms. The van der Waals surface area contributed by atoms with Crippen LogP contribution in [0.1, 0.15) is 25.0 Å². The lowest BCUT2D eigenvalue weighted by Gasteiger charge is -2.14. The highest BCUT2D eigenvalue weighted by atomic mass is 16.6. The summed E-state index contributed by atoms with van der Waals surface area (Å²) < 4.78 is 11.3. The predicted octanol–water partition coefficient (Wildman–Crippen LogP) is 3.30. The zero-order valence-electron chi connectivity index (χ0n) is 17.1. The zero-order valence-corrected chi connectivity index (χ0v) is 17.1. The SMILES string of the molecule is CCOc1ccc(CCNC(=NC)NCc2ccc([N+](=O)[O-])cc2)cc1OCC. The molecule has 2 N–H and O–H groups in total. The lowest BCUT2D eigenvalue weighted by molar-refractivity contribution is -0.384. The predicted molar refractivity (Wildman–Crippen MR) is 114 cm³/mol. The molecule has 0 aliphatic rings. The lowest BCUT2D eigenvalue weighted by Crippen LogP contribution is -2.37. The number of hydrogen-bond donors (Lipinski definition) is 2. The Kier molecular flexibility index (Phi) is 8.75. The van der Waals surface area contributed by atoms with E-state index in [4.69, 9.17) is 9.47 Å². The summed E-state index contributed by atoms with van der Waals surface area (Å²) in [6, 6.07) is 12.4. The van der Waals surface area contributed by atoms with E-state index >= 15 is 0 Å². The molecule has 0 unspecified atom stereocenters. The van der Waals surface area contributed by atoms with Crippen LogP contribution in [-0.4, -0.2) is 37.7 Å². The van der Waals surface area contributed by atoms with Gasteiger partial charge in [-0.25, -0.2) is 0 Å². The minimum absolute atomic E-state index is 0.0815. The van der Waals surface area contributed by atoms with Gasteiger partial charge in [0.15, 0.2) is 17.5 Å². The van der Waals surface area contributed by atoms with Gasteiger partial charge in [-0.2, -0.15) is 0 Å². The third-order valence-corrected chi connectivity index (χ3v) is 4.14. The van der Waals surface area contributed by atoms with Crippen molar-refractivity contribution in [2.24, 2.45) is 4.99 Å². The molecule has 2 aromatic rings. The van der Waals surface area contributed by atoms with Crippen LogP contribution in [0.3, 0.4) is 0 Å². The Morgan fingerprint density at radius 3 is 2.28 bits per heavy atom. The van der Waals surface area contributed by atoms with Gasteiger partial charge in [0, 0.05) is 32.3 Å². The maximum Gasteiger partial charge on any atom is 0.269 e. The molecular weight excluding hydrogens is 372 g/mol.